The number of carbonyl (C=O) groups is 1. The molecule has 0 unspecified atom stereocenters. The zero-order valence-electron chi connectivity index (χ0n) is 15.0. The van der Waals surface area contributed by atoms with Crippen LogP contribution in [0.15, 0.2) is 79.0 Å². The maximum Gasteiger partial charge on any atom is 0.262 e. The van der Waals surface area contributed by atoms with Gasteiger partial charge in [0.2, 0.25) is 0 Å². The second-order valence-corrected chi connectivity index (χ2v) is 5.89. The highest BCUT2D eigenvalue weighted by atomic mass is 19.1. The molecule has 0 saturated heterocycles. The van der Waals surface area contributed by atoms with Gasteiger partial charge in [0.05, 0.1) is 11.4 Å². The summed E-state index contributed by atoms with van der Waals surface area (Å²) in [6.07, 6.45) is 4.74. The fraction of sp³-hybridized carbons (Fsp3) is 0.0455. The van der Waals surface area contributed by atoms with Gasteiger partial charge in [-0.2, -0.15) is 10.4 Å². The summed E-state index contributed by atoms with van der Waals surface area (Å²) in [7, 11) is 0. The Labute approximate surface area is 162 Å². The van der Waals surface area contributed by atoms with Gasteiger partial charge >= 0.3 is 0 Å². The Balaban J connectivity index is 2.10. The first-order chi connectivity index (χ1) is 13.6. The van der Waals surface area contributed by atoms with E-state index in [1.807, 2.05) is 36.4 Å². The first kappa shape index (κ1) is 18.8. The molecular weight excluding hydrogens is 355 g/mol. The summed E-state index contributed by atoms with van der Waals surface area (Å²) in [5, 5.41) is 16.6. The largest absolute Gasteiger partial charge is 0.348 e. The van der Waals surface area contributed by atoms with E-state index in [4.69, 9.17) is 0 Å². The summed E-state index contributed by atoms with van der Waals surface area (Å²) in [6.45, 7) is 3.79. The predicted molar refractivity (Wildman–Crippen MR) is 106 cm³/mol. The molecule has 0 aliphatic rings. The Hall–Kier alpha value is -3.98. The van der Waals surface area contributed by atoms with E-state index >= 15 is 0 Å². The molecule has 0 aliphatic heterocycles. The van der Waals surface area contributed by atoms with E-state index in [2.05, 4.69) is 17.0 Å². The Morgan fingerprint density at radius 2 is 1.93 bits per heavy atom. The molecule has 1 amide bonds. The molecule has 0 saturated carbocycles. The van der Waals surface area contributed by atoms with Crippen molar-refractivity contribution in [3.05, 3.63) is 90.4 Å². The summed E-state index contributed by atoms with van der Waals surface area (Å²) in [5.41, 5.74) is 2.54. The normalized spacial score (nSPS) is 10.9. The van der Waals surface area contributed by atoms with Crippen molar-refractivity contribution >= 4 is 12.0 Å². The molecule has 1 N–H and O–H groups in total. The third-order valence-corrected chi connectivity index (χ3v) is 3.95. The highest BCUT2D eigenvalue weighted by molar-refractivity contribution is 6.02. The van der Waals surface area contributed by atoms with Gasteiger partial charge in [-0.05, 0) is 42.5 Å². The van der Waals surface area contributed by atoms with Crippen molar-refractivity contribution in [2.24, 2.45) is 0 Å². The van der Waals surface area contributed by atoms with E-state index < -0.39 is 5.91 Å². The molecule has 3 rings (SSSR count). The number of nitriles is 1. The molecule has 0 aliphatic carbocycles. The second-order valence-electron chi connectivity index (χ2n) is 5.89. The summed E-state index contributed by atoms with van der Waals surface area (Å²) in [6, 6.07) is 17.2. The molecule has 138 valence electrons. The SMILES string of the molecule is C=CCNC(=O)/C(C#N)=C/c1cn(-c2ccccc2)nc1-c1ccc(F)cc1. The minimum absolute atomic E-state index is 0.0576. The van der Waals surface area contributed by atoms with Gasteiger partial charge in [-0.25, -0.2) is 9.07 Å². The molecule has 3 aromatic rings. The van der Waals surface area contributed by atoms with Crippen molar-refractivity contribution in [2.45, 2.75) is 0 Å². The number of aromatic nitrogens is 2. The van der Waals surface area contributed by atoms with Crippen LogP contribution in [0.25, 0.3) is 23.0 Å². The summed E-state index contributed by atoms with van der Waals surface area (Å²) in [4.78, 5) is 12.2. The van der Waals surface area contributed by atoms with Crippen molar-refractivity contribution in [3.8, 4) is 23.0 Å². The Morgan fingerprint density at radius 3 is 2.57 bits per heavy atom. The third-order valence-electron chi connectivity index (χ3n) is 3.95. The zero-order chi connectivity index (χ0) is 19.9. The molecule has 0 bridgehead atoms. The number of amides is 1. The van der Waals surface area contributed by atoms with Crippen LogP contribution in [-0.4, -0.2) is 22.2 Å². The van der Waals surface area contributed by atoms with Crippen molar-refractivity contribution in [2.75, 3.05) is 6.54 Å². The quantitative estimate of drug-likeness (QED) is 0.405. The molecule has 6 heteroatoms. The Kier molecular flexibility index (Phi) is 5.78. The van der Waals surface area contributed by atoms with Gasteiger partial charge in [-0.3, -0.25) is 4.79 Å². The minimum atomic E-state index is -0.500. The third kappa shape index (κ3) is 4.22. The minimum Gasteiger partial charge on any atom is -0.348 e. The number of hydrogen-bond donors (Lipinski definition) is 1. The predicted octanol–water partition coefficient (Wildman–Crippen LogP) is 3.89. The van der Waals surface area contributed by atoms with Gasteiger partial charge < -0.3 is 5.32 Å². The van der Waals surface area contributed by atoms with Crippen LogP contribution in [0, 0.1) is 17.1 Å². The van der Waals surface area contributed by atoms with Crippen LogP contribution in [0.1, 0.15) is 5.56 Å². The van der Waals surface area contributed by atoms with Gasteiger partial charge in [0.25, 0.3) is 5.91 Å². The van der Waals surface area contributed by atoms with Crippen LogP contribution >= 0.6 is 0 Å². The Morgan fingerprint density at radius 1 is 1.21 bits per heavy atom. The van der Waals surface area contributed by atoms with E-state index in [0.29, 0.717) is 16.8 Å². The van der Waals surface area contributed by atoms with Crippen molar-refractivity contribution in [1.29, 1.82) is 5.26 Å². The number of benzene rings is 2. The highest BCUT2D eigenvalue weighted by Gasteiger charge is 2.15. The van der Waals surface area contributed by atoms with Crippen LogP contribution in [0.4, 0.5) is 4.39 Å². The molecule has 5 nitrogen and oxygen atoms in total. The molecule has 28 heavy (non-hydrogen) atoms. The van der Waals surface area contributed by atoms with Crippen LogP contribution in [0.3, 0.4) is 0 Å². The number of nitrogens with zero attached hydrogens (tertiary/aromatic N) is 3. The number of carbonyl (C=O) groups excluding carboxylic acids is 1. The van der Waals surface area contributed by atoms with E-state index in [1.165, 1.54) is 24.3 Å². The Bertz CT molecular complexity index is 1060. The first-order valence-electron chi connectivity index (χ1n) is 8.54. The molecule has 0 fully saturated rings. The molecule has 1 aromatic heterocycles. The average Bonchev–Trinajstić information content (AvgIpc) is 3.15. The van der Waals surface area contributed by atoms with Crippen molar-refractivity contribution in [1.82, 2.24) is 15.1 Å². The van der Waals surface area contributed by atoms with E-state index in [1.54, 1.807) is 23.0 Å². The second kappa shape index (κ2) is 8.60. The maximum absolute atomic E-state index is 13.3. The van der Waals surface area contributed by atoms with E-state index in [9.17, 15) is 14.4 Å². The van der Waals surface area contributed by atoms with Gasteiger partial charge in [-0.1, -0.05) is 24.3 Å². The lowest BCUT2D eigenvalue weighted by Crippen LogP contribution is -2.24. The standard InChI is InChI=1S/C22H17FN4O/c1-2-12-25-22(28)17(14-24)13-18-15-27(20-6-4-3-5-7-20)26-21(18)16-8-10-19(23)11-9-16/h2-11,13,15H,1,12H2,(H,25,28)/b17-13+. The molecular formula is C22H17FN4O. The highest BCUT2D eigenvalue weighted by Crippen LogP contribution is 2.26. The van der Waals surface area contributed by atoms with Crippen LogP contribution < -0.4 is 5.32 Å². The van der Waals surface area contributed by atoms with Gasteiger partial charge in [-0.15, -0.1) is 6.58 Å². The maximum atomic E-state index is 13.3. The average molecular weight is 372 g/mol. The van der Waals surface area contributed by atoms with E-state index in [-0.39, 0.29) is 17.9 Å². The summed E-state index contributed by atoms with van der Waals surface area (Å²) in [5.74, 6) is -0.857. The lowest BCUT2D eigenvalue weighted by Gasteiger charge is -2.02. The van der Waals surface area contributed by atoms with Crippen molar-refractivity contribution < 1.29 is 9.18 Å². The van der Waals surface area contributed by atoms with Crippen LogP contribution in [0.2, 0.25) is 0 Å². The molecule has 1 heterocycles. The number of halogens is 1. The fourth-order valence-corrected chi connectivity index (χ4v) is 2.60. The van der Waals surface area contributed by atoms with Crippen LogP contribution in [-0.2, 0) is 4.79 Å². The smallest absolute Gasteiger partial charge is 0.262 e. The lowest BCUT2D eigenvalue weighted by molar-refractivity contribution is -0.116. The fourth-order valence-electron chi connectivity index (χ4n) is 2.60. The number of hydrogen-bond acceptors (Lipinski definition) is 3. The zero-order valence-corrected chi connectivity index (χ0v) is 15.0. The monoisotopic (exact) mass is 372 g/mol. The lowest BCUT2D eigenvalue weighted by atomic mass is 10.1. The van der Waals surface area contributed by atoms with Gasteiger partial charge in [0.1, 0.15) is 17.5 Å². The summed E-state index contributed by atoms with van der Waals surface area (Å²) >= 11 is 0. The number of para-hydroxylation sites is 1. The van der Waals surface area contributed by atoms with Crippen molar-refractivity contribution in [3.63, 3.8) is 0 Å². The molecule has 0 spiro atoms. The topological polar surface area (TPSA) is 70.7 Å². The molecule has 0 radical (unpaired) electrons. The van der Waals surface area contributed by atoms with Gasteiger partial charge in [0.15, 0.2) is 0 Å². The van der Waals surface area contributed by atoms with Gasteiger partial charge in [0, 0.05) is 23.9 Å². The molecule has 2 aromatic carbocycles. The molecule has 0 atom stereocenters. The summed E-state index contributed by atoms with van der Waals surface area (Å²) < 4.78 is 15.0. The number of nitrogens with one attached hydrogen (secondary N) is 1. The first-order valence-corrected chi connectivity index (χ1v) is 8.54. The number of rotatable bonds is 6. The van der Waals surface area contributed by atoms with Crippen LogP contribution in [0.5, 0.6) is 0 Å². The van der Waals surface area contributed by atoms with E-state index in [0.717, 1.165) is 5.69 Å².